The van der Waals surface area contributed by atoms with E-state index < -0.39 is 15.7 Å². The molecule has 0 fully saturated rings. The molecule has 1 N–H and O–H groups in total. The number of amides is 1. The SMILES string of the molecule is CS(=O)(=O)c1ccc(Cl)c(C(=O)Nc2nc(-c3ccc4c(c3)CCO4)cs2)c1. The first kappa shape index (κ1) is 18.9. The van der Waals surface area contributed by atoms with Gasteiger partial charge in [-0.05, 0) is 42.0 Å². The molecule has 0 bridgehead atoms. The summed E-state index contributed by atoms with van der Waals surface area (Å²) in [5.41, 5.74) is 2.90. The van der Waals surface area contributed by atoms with Gasteiger partial charge >= 0.3 is 0 Å². The van der Waals surface area contributed by atoms with Gasteiger partial charge in [0.2, 0.25) is 0 Å². The second-order valence-corrected chi connectivity index (χ2v) is 9.61. The first-order chi connectivity index (χ1) is 13.3. The fourth-order valence-corrected chi connectivity index (χ4v) is 4.45. The summed E-state index contributed by atoms with van der Waals surface area (Å²) in [6.07, 6.45) is 1.94. The molecule has 2 heterocycles. The lowest BCUT2D eigenvalue weighted by Crippen LogP contribution is -2.13. The molecule has 0 spiro atoms. The highest BCUT2D eigenvalue weighted by molar-refractivity contribution is 7.90. The van der Waals surface area contributed by atoms with Crippen molar-refractivity contribution in [2.45, 2.75) is 11.3 Å². The number of benzene rings is 2. The van der Waals surface area contributed by atoms with Gasteiger partial charge < -0.3 is 4.74 Å². The fourth-order valence-electron chi connectivity index (χ4n) is 2.88. The van der Waals surface area contributed by atoms with Crippen molar-refractivity contribution < 1.29 is 17.9 Å². The van der Waals surface area contributed by atoms with Gasteiger partial charge in [-0.3, -0.25) is 10.1 Å². The molecular weight excluding hydrogens is 420 g/mol. The number of hydrogen-bond acceptors (Lipinski definition) is 6. The van der Waals surface area contributed by atoms with Crippen LogP contribution in [0.5, 0.6) is 5.75 Å². The third kappa shape index (κ3) is 3.76. The molecule has 0 saturated carbocycles. The Balaban J connectivity index is 1.57. The van der Waals surface area contributed by atoms with E-state index in [-0.39, 0.29) is 15.5 Å². The molecule has 6 nitrogen and oxygen atoms in total. The second-order valence-electron chi connectivity index (χ2n) is 6.33. The van der Waals surface area contributed by atoms with Crippen LogP contribution in [-0.2, 0) is 16.3 Å². The number of fused-ring (bicyclic) bond motifs is 1. The third-order valence-corrected chi connectivity index (χ3v) is 6.52. The number of carbonyl (C=O) groups excluding carboxylic acids is 1. The normalized spacial score (nSPS) is 13.1. The van der Waals surface area contributed by atoms with Gasteiger partial charge in [0.15, 0.2) is 15.0 Å². The van der Waals surface area contributed by atoms with E-state index in [9.17, 15) is 13.2 Å². The molecule has 1 aliphatic rings. The van der Waals surface area contributed by atoms with Crippen LogP contribution in [0.4, 0.5) is 5.13 Å². The van der Waals surface area contributed by atoms with Crippen LogP contribution in [-0.4, -0.2) is 32.2 Å². The van der Waals surface area contributed by atoms with Crippen LogP contribution < -0.4 is 10.1 Å². The molecule has 0 aliphatic carbocycles. The van der Waals surface area contributed by atoms with Crippen LogP contribution in [0.1, 0.15) is 15.9 Å². The van der Waals surface area contributed by atoms with Gasteiger partial charge in [0.05, 0.1) is 27.8 Å². The van der Waals surface area contributed by atoms with Crippen LogP contribution in [0.25, 0.3) is 11.3 Å². The van der Waals surface area contributed by atoms with Crippen LogP contribution in [0.3, 0.4) is 0 Å². The van der Waals surface area contributed by atoms with E-state index in [2.05, 4.69) is 10.3 Å². The molecule has 0 unspecified atom stereocenters. The quantitative estimate of drug-likeness (QED) is 0.669. The highest BCUT2D eigenvalue weighted by Gasteiger charge is 2.18. The average molecular weight is 435 g/mol. The Morgan fingerprint density at radius 1 is 1.25 bits per heavy atom. The number of rotatable bonds is 4. The molecular formula is C19H15ClN2O4S2. The predicted molar refractivity (Wildman–Crippen MR) is 109 cm³/mol. The minimum Gasteiger partial charge on any atom is -0.493 e. The molecule has 9 heteroatoms. The number of sulfone groups is 1. The number of ether oxygens (including phenoxy) is 1. The van der Waals surface area contributed by atoms with Gasteiger partial charge in [-0.25, -0.2) is 13.4 Å². The Kier molecular flexibility index (Phi) is 4.86. The summed E-state index contributed by atoms with van der Waals surface area (Å²) >= 11 is 7.36. The van der Waals surface area contributed by atoms with E-state index in [1.165, 1.54) is 29.5 Å². The van der Waals surface area contributed by atoms with E-state index in [0.717, 1.165) is 35.2 Å². The Labute approximate surface area is 171 Å². The van der Waals surface area contributed by atoms with Gasteiger partial charge in [0, 0.05) is 23.6 Å². The number of nitrogens with zero attached hydrogens (tertiary/aromatic N) is 1. The van der Waals surface area contributed by atoms with Gasteiger partial charge in [0.25, 0.3) is 5.91 Å². The molecule has 28 heavy (non-hydrogen) atoms. The van der Waals surface area contributed by atoms with Gasteiger partial charge in [-0.1, -0.05) is 11.6 Å². The van der Waals surface area contributed by atoms with Crippen molar-refractivity contribution in [3.8, 4) is 17.0 Å². The van der Waals surface area contributed by atoms with Crippen molar-refractivity contribution in [1.82, 2.24) is 4.98 Å². The van der Waals surface area contributed by atoms with E-state index >= 15 is 0 Å². The monoisotopic (exact) mass is 434 g/mol. The molecule has 2 aromatic carbocycles. The Hall–Kier alpha value is -2.42. The standard InChI is InChI=1S/C19H15ClN2O4S2/c1-28(24,25)13-3-4-15(20)14(9-13)18(23)22-19-21-16(10-27-19)11-2-5-17-12(8-11)6-7-26-17/h2-5,8-10H,6-7H2,1H3,(H,21,22,23). The van der Waals surface area contributed by atoms with E-state index in [1.54, 1.807) is 0 Å². The summed E-state index contributed by atoms with van der Waals surface area (Å²) < 4.78 is 29.0. The Morgan fingerprint density at radius 2 is 2.07 bits per heavy atom. The maximum Gasteiger partial charge on any atom is 0.259 e. The van der Waals surface area contributed by atoms with E-state index in [1.807, 2.05) is 23.6 Å². The molecule has 0 atom stereocenters. The van der Waals surface area contributed by atoms with E-state index in [4.69, 9.17) is 16.3 Å². The third-order valence-electron chi connectivity index (χ3n) is 4.32. The lowest BCUT2D eigenvalue weighted by molar-refractivity contribution is 0.102. The number of aromatic nitrogens is 1. The molecule has 0 saturated heterocycles. The first-order valence-corrected chi connectivity index (χ1v) is 11.5. The number of carbonyl (C=O) groups is 1. The van der Waals surface area contributed by atoms with Crippen molar-refractivity contribution in [2.24, 2.45) is 0 Å². The van der Waals surface area contributed by atoms with Gasteiger partial charge in [-0.15, -0.1) is 11.3 Å². The summed E-state index contributed by atoms with van der Waals surface area (Å²) in [6.45, 7) is 0.685. The van der Waals surface area contributed by atoms with Crippen molar-refractivity contribution in [3.05, 3.63) is 57.9 Å². The van der Waals surface area contributed by atoms with Crippen molar-refractivity contribution in [3.63, 3.8) is 0 Å². The number of nitrogens with one attached hydrogen (secondary N) is 1. The maximum atomic E-state index is 12.6. The molecule has 3 aromatic rings. The minimum atomic E-state index is -3.45. The summed E-state index contributed by atoms with van der Waals surface area (Å²) in [6, 6.07) is 9.92. The average Bonchev–Trinajstić information content (AvgIpc) is 3.29. The highest BCUT2D eigenvalue weighted by Crippen LogP contribution is 2.32. The zero-order chi connectivity index (χ0) is 19.9. The molecule has 4 rings (SSSR count). The van der Waals surface area contributed by atoms with Crippen LogP contribution >= 0.6 is 22.9 Å². The molecule has 144 valence electrons. The Morgan fingerprint density at radius 3 is 2.86 bits per heavy atom. The Bertz CT molecular complexity index is 1190. The van der Waals surface area contributed by atoms with Crippen LogP contribution in [0.15, 0.2) is 46.7 Å². The zero-order valence-corrected chi connectivity index (χ0v) is 17.1. The van der Waals surface area contributed by atoms with Crippen LogP contribution in [0, 0.1) is 0 Å². The fraction of sp³-hybridized carbons (Fsp3) is 0.158. The molecule has 1 amide bonds. The van der Waals surface area contributed by atoms with Crippen molar-refractivity contribution >= 4 is 43.8 Å². The van der Waals surface area contributed by atoms with E-state index in [0.29, 0.717) is 11.7 Å². The number of halogens is 1. The minimum absolute atomic E-state index is 0.0298. The largest absolute Gasteiger partial charge is 0.493 e. The number of thiazole rings is 1. The highest BCUT2D eigenvalue weighted by atomic mass is 35.5. The lowest BCUT2D eigenvalue weighted by Gasteiger charge is -2.06. The number of anilines is 1. The number of hydrogen-bond donors (Lipinski definition) is 1. The van der Waals surface area contributed by atoms with Crippen molar-refractivity contribution in [2.75, 3.05) is 18.2 Å². The van der Waals surface area contributed by atoms with Gasteiger partial charge in [-0.2, -0.15) is 0 Å². The van der Waals surface area contributed by atoms with Crippen LogP contribution in [0.2, 0.25) is 5.02 Å². The zero-order valence-electron chi connectivity index (χ0n) is 14.7. The predicted octanol–water partition coefficient (Wildman–Crippen LogP) is 4.05. The first-order valence-electron chi connectivity index (χ1n) is 8.34. The maximum absolute atomic E-state index is 12.6. The smallest absolute Gasteiger partial charge is 0.259 e. The van der Waals surface area contributed by atoms with Crippen molar-refractivity contribution in [1.29, 1.82) is 0 Å². The molecule has 1 aliphatic heterocycles. The summed E-state index contributed by atoms with van der Waals surface area (Å²) in [4.78, 5) is 17.1. The summed E-state index contributed by atoms with van der Waals surface area (Å²) in [5, 5.41) is 5.10. The summed E-state index contributed by atoms with van der Waals surface area (Å²) in [5.74, 6) is 0.381. The second kappa shape index (κ2) is 7.20. The lowest BCUT2D eigenvalue weighted by atomic mass is 10.1. The summed E-state index contributed by atoms with van der Waals surface area (Å²) in [7, 11) is -3.45. The molecule has 0 radical (unpaired) electrons. The van der Waals surface area contributed by atoms with Gasteiger partial charge in [0.1, 0.15) is 5.75 Å². The molecule has 1 aromatic heterocycles. The topological polar surface area (TPSA) is 85.4 Å².